The van der Waals surface area contributed by atoms with Crippen molar-refractivity contribution in [3.8, 4) is 0 Å². The van der Waals surface area contributed by atoms with E-state index in [4.69, 9.17) is 11.6 Å². The van der Waals surface area contributed by atoms with Crippen LogP contribution in [0.25, 0.3) is 0 Å². The number of amides is 1. The zero-order valence-corrected chi connectivity index (χ0v) is 14.8. The Labute approximate surface area is 146 Å². The molecule has 0 fully saturated rings. The molecule has 0 aliphatic carbocycles. The Morgan fingerprint density at radius 2 is 1.75 bits per heavy atom. The molecule has 0 bridgehead atoms. The van der Waals surface area contributed by atoms with Crippen LogP contribution in [0.3, 0.4) is 0 Å². The van der Waals surface area contributed by atoms with E-state index in [0.717, 1.165) is 6.26 Å². The van der Waals surface area contributed by atoms with Crippen LogP contribution in [0.4, 0.5) is 17.1 Å². The summed E-state index contributed by atoms with van der Waals surface area (Å²) in [5, 5.41) is 6.05. The fourth-order valence-electron chi connectivity index (χ4n) is 1.97. The van der Waals surface area contributed by atoms with E-state index < -0.39 is 16.1 Å². The molecule has 0 unspecified atom stereocenters. The molecule has 2 aromatic carbocycles. The molecule has 0 spiro atoms. The number of benzene rings is 2. The van der Waals surface area contributed by atoms with E-state index in [2.05, 4.69) is 15.4 Å². The molecule has 0 aliphatic heterocycles. The lowest BCUT2D eigenvalue weighted by Gasteiger charge is -2.16. The van der Waals surface area contributed by atoms with Crippen LogP contribution in [0, 0.1) is 0 Å². The molecule has 0 saturated carbocycles. The van der Waals surface area contributed by atoms with Crippen molar-refractivity contribution >= 4 is 44.6 Å². The first-order valence-corrected chi connectivity index (χ1v) is 9.41. The minimum atomic E-state index is -3.40. The number of hydrogen-bond acceptors (Lipinski definition) is 4. The van der Waals surface area contributed by atoms with Crippen molar-refractivity contribution in [2.45, 2.75) is 13.0 Å². The number of carbonyl (C=O) groups excluding carboxylic acids is 1. The number of rotatable bonds is 6. The molecule has 0 radical (unpaired) electrons. The van der Waals surface area contributed by atoms with Crippen molar-refractivity contribution in [3.63, 3.8) is 0 Å². The molecule has 8 heteroatoms. The maximum absolute atomic E-state index is 12.2. The van der Waals surface area contributed by atoms with Gasteiger partial charge < -0.3 is 10.6 Å². The highest BCUT2D eigenvalue weighted by Gasteiger charge is 2.14. The van der Waals surface area contributed by atoms with Crippen LogP contribution in [0.5, 0.6) is 0 Å². The quantitative estimate of drug-likeness (QED) is 0.731. The standard InChI is InChI=1S/C16H18ClN3O3S/c1-11(16(21)19-12-6-4-3-5-7-12)18-13-8-9-15(14(17)10-13)20-24(2,22)23/h3-11,18,20H,1-2H3,(H,19,21)/t11-/m0/s1. The van der Waals surface area contributed by atoms with E-state index in [0.29, 0.717) is 11.4 Å². The first-order chi connectivity index (χ1) is 11.2. The molecule has 128 valence electrons. The molecular weight excluding hydrogens is 350 g/mol. The minimum absolute atomic E-state index is 0.198. The lowest BCUT2D eigenvalue weighted by molar-refractivity contribution is -0.116. The van der Waals surface area contributed by atoms with Gasteiger partial charge in [-0.3, -0.25) is 9.52 Å². The number of anilines is 3. The van der Waals surface area contributed by atoms with Gasteiger partial charge in [0.05, 0.1) is 17.0 Å². The van der Waals surface area contributed by atoms with Gasteiger partial charge in [0.2, 0.25) is 15.9 Å². The summed E-state index contributed by atoms with van der Waals surface area (Å²) in [5.74, 6) is -0.198. The Morgan fingerprint density at radius 1 is 1.08 bits per heavy atom. The normalized spacial score (nSPS) is 12.3. The zero-order chi connectivity index (χ0) is 17.7. The Morgan fingerprint density at radius 3 is 2.33 bits per heavy atom. The fourth-order valence-corrected chi connectivity index (χ4v) is 2.84. The lowest BCUT2D eigenvalue weighted by Crippen LogP contribution is -2.31. The third kappa shape index (κ3) is 5.43. The maximum atomic E-state index is 12.2. The third-order valence-corrected chi connectivity index (χ3v) is 3.99. The second-order valence-electron chi connectivity index (χ2n) is 5.29. The molecule has 0 saturated heterocycles. The fraction of sp³-hybridized carbons (Fsp3) is 0.188. The van der Waals surface area contributed by atoms with E-state index in [-0.39, 0.29) is 16.6 Å². The highest BCUT2D eigenvalue weighted by atomic mass is 35.5. The summed E-state index contributed by atoms with van der Waals surface area (Å²) in [4.78, 5) is 12.2. The number of nitrogens with one attached hydrogen (secondary N) is 3. The van der Waals surface area contributed by atoms with Gasteiger partial charge >= 0.3 is 0 Å². The second-order valence-corrected chi connectivity index (χ2v) is 7.45. The van der Waals surface area contributed by atoms with Crippen molar-refractivity contribution in [1.29, 1.82) is 0 Å². The number of sulfonamides is 1. The van der Waals surface area contributed by atoms with E-state index in [1.165, 1.54) is 6.07 Å². The summed E-state index contributed by atoms with van der Waals surface area (Å²) in [6.07, 6.45) is 1.05. The molecule has 2 aromatic rings. The summed E-state index contributed by atoms with van der Waals surface area (Å²) in [6.45, 7) is 1.72. The van der Waals surface area contributed by atoms with Gasteiger partial charge in [0.15, 0.2) is 0 Å². The summed E-state index contributed by atoms with van der Waals surface area (Å²) < 4.78 is 24.8. The molecular formula is C16H18ClN3O3S. The smallest absolute Gasteiger partial charge is 0.246 e. The largest absolute Gasteiger partial charge is 0.374 e. The van der Waals surface area contributed by atoms with Gasteiger partial charge in [-0.25, -0.2) is 8.42 Å². The van der Waals surface area contributed by atoms with E-state index >= 15 is 0 Å². The van der Waals surface area contributed by atoms with Crippen molar-refractivity contribution in [2.75, 3.05) is 21.6 Å². The average molecular weight is 368 g/mol. The number of para-hydroxylation sites is 1. The monoisotopic (exact) mass is 367 g/mol. The van der Waals surface area contributed by atoms with Gasteiger partial charge in [-0.05, 0) is 37.3 Å². The minimum Gasteiger partial charge on any atom is -0.374 e. The van der Waals surface area contributed by atoms with Crippen LogP contribution in [-0.4, -0.2) is 26.6 Å². The van der Waals surface area contributed by atoms with Crippen molar-refractivity contribution in [2.24, 2.45) is 0 Å². The number of halogens is 1. The number of carbonyl (C=O) groups is 1. The molecule has 1 atom stereocenters. The molecule has 1 amide bonds. The van der Waals surface area contributed by atoms with Gasteiger partial charge in [-0.1, -0.05) is 29.8 Å². The van der Waals surface area contributed by atoms with Gasteiger partial charge in [0, 0.05) is 11.4 Å². The molecule has 3 N–H and O–H groups in total. The SMILES string of the molecule is C[C@H](Nc1ccc(NS(C)(=O)=O)c(Cl)c1)C(=O)Nc1ccccc1. The molecule has 0 aliphatic rings. The summed E-state index contributed by atoms with van der Waals surface area (Å²) in [6, 6.07) is 13.4. The van der Waals surface area contributed by atoms with Gasteiger partial charge in [-0.2, -0.15) is 0 Å². The molecule has 6 nitrogen and oxygen atoms in total. The maximum Gasteiger partial charge on any atom is 0.246 e. The van der Waals surface area contributed by atoms with E-state index in [1.54, 1.807) is 31.2 Å². The predicted molar refractivity (Wildman–Crippen MR) is 98.1 cm³/mol. The van der Waals surface area contributed by atoms with Crippen molar-refractivity contribution in [1.82, 2.24) is 0 Å². The summed E-state index contributed by atoms with van der Waals surface area (Å²) in [5.41, 5.74) is 1.60. The zero-order valence-electron chi connectivity index (χ0n) is 13.2. The van der Waals surface area contributed by atoms with Crippen LogP contribution < -0.4 is 15.4 Å². The van der Waals surface area contributed by atoms with Crippen LogP contribution in [-0.2, 0) is 14.8 Å². The van der Waals surface area contributed by atoms with Crippen LogP contribution in [0.15, 0.2) is 48.5 Å². The lowest BCUT2D eigenvalue weighted by atomic mass is 10.2. The second kappa shape index (κ2) is 7.55. The van der Waals surface area contributed by atoms with Crippen molar-refractivity contribution < 1.29 is 13.2 Å². The van der Waals surface area contributed by atoms with Gasteiger partial charge in [0.1, 0.15) is 6.04 Å². The third-order valence-electron chi connectivity index (χ3n) is 3.08. The Balaban J connectivity index is 2.02. The first kappa shape index (κ1) is 18.1. The summed E-state index contributed by atoms with van der Waals surface area (Å²) in [7, 11) is -3.40. The number of hydrogen-bond donors (Lipinski definition) is 3. The van der Waals surface area contributed by atoms with Gasteiger partial charge in [-0.15, -0.1) is 0 Å². The predicted octanol–water partition coefficient (Wildman–Crippen LogP) is 3.15. The Kier molecular flexibility index (Phi) is 5.69. The topological polar surface area (TPSA) is 87.3 Å². The van der Waals surface area contributed by atoms with Crippen LogP contribution in [0.2, 0.25) is 5.02 Å². The Hall–Kier alpha value is -2.25. The highest BCUT2D eigenvalue weighted by molar-refractivity contribution is 7.92. The first-order valence-electron chi connectivity index (χ1n) is 7.14. The molecule has 2 rings (SSSR count). The molecule has 0 aromatic heterocycles. The summed E-state index contributed by atoms with van der Waals surface area (Å²) >= 11 is 6.06. The average Bonchev–Trinajstić information content (AvgIpc) is 2.50. The Bertz CT molecular complexity index is 826. The van der Waals surface area contributed by atoms with E-state index in [1.807, 2.05) is 18.2 Å². The van der Waals surface area contributed by atoms with E-state index in [9.17, 15) is 13.2 Å². The molecule has 0 heterocycles. The molecule has 24 heavy (non-hydrogen) atoms. The van der Waals surface area contributed by atoms with Crippen LogP contribution >= 0.6 is 11.6 Å². The van der Waals surface area contributed by atoms with Crippen LogP contribution in [0.1, 0.15) is 6.92 Å². The van der Waals surface area contributed by atoms with Crippen molar-refractivity contribution in [3.05, 3.63) is 53.6 Å². The van der Waals surface area contributed by atoms with Gasteiger partial charge in [0.25, 0.3) is 0 Å². The highest BCUT2D eigenvalue weighted by Crippen LogP contribution is 2.26.